The van der Waals surface area contributed by atoms with Crippen LogP contribution in [0.3, 0.4) is 0 Å². The van der Waals surface area contributed by atoms with Crippen molar-refractivity contribution in [2.24, 2.45) is 23.5 Å². The molecule has 0 radical (unpaired) electrons. The normalized spacial score (nSPS) is 36.5. The molecule has 3 atom stereocenters. The maximum absolute atomic E-state index is 10.8. The molecule has 2 saturated carbocycles. The Balaban J connectivity index is 1.86. The summed E-state index contributed by atoms with van der Waals surface area (Å²) in [6, 6.07) is -0.289. The molecule has 2 aliphatic carbocycles. The fourth-order valence-corrected chi connectivity index (χ4v) is 3.04. The molecule has 0 heterocycles. The van der Waals surface area contributed by atoms with Crippen molar-refractivity contribution in [2.75, 3.05) is 13.6 Å². The average molecular weight is 182 g/mol. The summed E-state index contributed by atoms with van der Waals surface area (Å²) in [4.78, 5) is 12.5. The molecule has 2 aliphatic rings. The van der Waals surface area contributed by atoms with E-state index < -0.39 is 0 Å². The highest BCUT2D eigenvalue weighted by Gasteiger charge is 2.39. The van der Waals surface area contributed by atoms with Crippen LogP contribution >= 0.6 is 0 Å². The van der Waals surface area contributed by atoms with Gasteiger partial charge in [-0.3, -0.25) is 0 Å². The predicted molar refractivity (Wildman–Crippen MR) is 51.2 cm³/mol. The lowest BCUT2D eigenvalue weighted by Crippen LogP contribution is -2.37. The van der Waals surface area contributed by atoms with Gasteiger partial charge < -0.3 is 10.6 Å². The van der Waals surface area contributed by atoms with Crippen molar-refractivity contribution in [1.82, 2.24) is 4.90 Å². The smallest absolute Gasteiger partial charge is 0.314 e. The largest absolute Gasteiger partial charge is 0.351 e. The van der Waals surface area contributed by atoms with E-state index in [0.717, 1.165) is 24.3 Å². The van der Waals surface area contributed by atoms with Crippen molar-refractivity contribution in [2.45, 2.75) is 25.7 Å². The van der Waals surface area contributed by atoms with Gasteiger partial charge in [-0.15, -0.1) is 0 Å². The number of carbonyl (C=O) groups excluding carboxylic acids is 1. The quantitative estimate of drug-likeness (QED) is 0.690. The van der Waals surface area contributed by atoms with Crippen LogP contribution in [0.4, 0.5) is 4.79 Å². The van der Waals surface area contributed by atoms with Crippen LogP contribution in [-0.4, -0.2) is 24.5 Å². The van der Waals surface area contributed by atoms with Crippen LogP contribution < -0.4 is 5.73 Å². The van der Waals surface area contributed by atoms with Crippen LogP contribution in [0.5, 0.6) is 0 Å². The highest BCUT2D eigenvalue weighted by Crippen LogP contribution is 2.48. The van der Waals surface area contributed by atoms with Gasteiger partial charge in [-0.05, 0) is 37.0 Å². The van der Waals surface area contributed by atoms with Gasteiger partial charge in [0.15, 0.2) is 0 Å². The Morgan fingerprint density at radius 3 is 2.69 bits per heavy atom. The minimum absolute atomic E-state index is 0.289. The lowest BCUT2D eigenvalue weighted by Gasteiger charge is -2.26. The van der Waals surface area contributed by atoms with Crippen LogP contribution in [0.15, 0.2) is 0 Å². The minimum atomic E-state index is -0.289. The van der Waals surface area contributed by atoms with Crippen LogP contribution in [0.25, 0.3) is 0 Å². The van der Waals surface area contributed by atoms with E-state index in [2.05, 4.69) is 0 Å². The highest BCUT2D eigenvalue weighted by molar-refractivity contribution is 5.71. The number of rotatable bonds is 2. The number of urea groups is 1. The fourth-order valence-electron chi connectivity index (χ4n) is 3.04. The number of amides is 2. The maximum atomic E-state index is 10.8. The molecule has 0 saturated heterocycles. The first-order valence-electron chi connectivity index (χ1n) is 5.17. The summed E-state index contributed by atoms with van der Waals surface area (Å²) < 4.78 is 0. The van der Waals surface area contributed by atoms with Gasteiger partial charge in [-0.1, -0.05) is 6.42 Å². The molecule has 2 rings (SSSR count). The Morgan fingerprint density at radius 2 is 2.23 bits per heavy atom. The molecule has 13 heavy (non-hydrogen) atoms. The van der Waals surface area contributed by atoms with E-state index in [1.165, 1.54) is 25.7 Å². The predicted octanol–water partition coefficient (Wildman–Crippen LogP) is 1.43. The molecule has 2 bridgehead atoms. The molecule has 3 heteroatoms. The summed E-state index contributed by atoms with van der Waals surface area (Å²) >= 11 is 0. The Bertz CT molecular complexity index is 217. The molecule has 2 amide bonds. The van der Waals surface area contributed by atoms with Crippen molar-refractivity contribution < 1.29 is 4.79 Å². The fraction of sp³-hybridized carbons (Fsp3) is 0.900. The van der Waals surface area contributed by atoms with Gasteiger partial charge in [0.2, 0.25) is 0 Å². The molecule has 0 spiro atoms. The first kappa shape index (κ1) is 8.85. The zero-order valence-corrected chi connectivity index (χ0v) is 8.20. The summed E-state index contributed by atoms with van der Waals surface area (Å²) in [6.45, 7) is 0.872. The van der Waals surface area contributed by atoms with Crippen molar-refractivity contribution in [3.8, 4) is 0 Å². The molecule has 2 fully saturated rings. The zero-order chi connectivity index (χ0) is 9.42. The van der Waals surface area contributed by atoms with Gasteiger partial charge in [0.25, 0.3) is 0 Å². The Hall–Kier alpha value is -0.730. The lowest BCUT2D eigenvalue weighted by molar-refractivity contribution is 0.196. The van der Waals surface area contributed by atoms with Crippen LogP contribution in [-0.2, 0) is 0 Å². The second-order valence-electron chi connectivity index (χ2n) is 4.65. The van der Waals surface area contributed by atoms with Crippen molar-refractivity contribution >= 4 is 6.03 Å². The topological polar surface area (TPSA) is 46.3 Å². The van der Waals surface area contributed by atoms with E-state index in [0.29, 0.717) is 0 Å². The van der Waals surface area contributed by atoms with E-state index >= 15 is 0 Å². The van der Waals surface area contributed by atoms with Gasteiger partial charge in [0.05, 0.1) is 0 Å². The van der Waals surface area contributed by atoms with Crippen LogP contribution in [0.1, 0.15) is 25.7 Å². The Kier molecular flexibility index (Phi) is 2.18. The SMILES string of the molecule is CN(CC1CC2CCC1C2)C(N)=O. The molecular formula is C10H18N2O. The van der Waals surface area contributed by atoms with Crippen molar-refractivity contribution in [3.63, 3.8) is 0 Å². The average Bonchev–Trinajstić information content (AvgIpc) is 2.64. The summed E-state index contributed by atoms with van der Waals surface area (Å²) in [6.07, 6.45) is 5.52. The standard InChI is InChI=1S/C10H18N2O/c1-12(10(11)13)6-9-5-7-2-3-8(9)4-7/h7-9H,2-6H2,1H3,(H2,11,13). The minimum Gasteiger partial charge on any atom is -0.351 e. The lowest BCUT2D eigenvalue weighted by atomic mass is 9.88. The molecule has 3 nitrogen and oxygen atoms in total. The second-order valence-corrected chi connectivity index (χ2v) is 4.65. The molecule has 3 unspecified atom stereocenters. The Morgan fingerprint density at radius 1 is 1.46 bits per heavy atom. The maximum Gasteiger partial charge on any atom is 0.314 e. The summed E-state index contributed by atoms with van der Waals surface area (Å²) in [5.41, 5.74) is 5.20. The Labute approximate surface area is 79.3 Å². The van der Waals surface area contributed by atoms with Gasteiger partial charge in [0, 0.05) is 13.6 Å². The zero-order valence-electron chi connectivity index (χ0n) is 8.20. The number of hydrogen-bond acceptors (Lipinski definition) is 1. The molecule has 2 N–H and O–H groups in total. The monoisotopic (exact) mass is 182 g/mol. The number of nitrogens with two attached hydrogens (primary N) is 1. The summed E-state index contributed by atoms with van der Waals surface area (Å²) in [7, 11) is 1.80. The van der Waals surface area contributed by atoms with E-state index in [4.69, 9.17) is 5.73 Å². The van der Waals surface area contributed by atoms with Gasteiger partial charge in [-0.2, -0.15) is 0 Å². The van der Waals surface area contributed by atoms with E-state index in [1.54, 1.807) is 11.9 Å². The van der Waals surface area contributed by atoms with Crippen LogP contribution in [0, 0.1) is 17.8 Å². The van der Waals surface area contributed by atoms with Gasteiger partial charge >= 0.3 is 6.03 Å². The highest BCUT2D eigenvalue weighted by atomic mass is 16.2. The number of hydrogen-bond donors (Lipinski definition) is 1. The molecule has 0 aromatic carbocycles. The first-order chi connectivity index (χ1) is 6.16. The molecule has 0 aliphatic heterocycles. The third-order valence-corrected chi connectivity index (χ3v) is 3.77. The third kappa shape index (κ3) is 1.64. The molecule has 74 valence electrons. The molecule has 0 aromatic heterocycles. The summed E-state index contributed by atoms with van der Waals surface area (Å²) in [5.74, 6) is 2.57. The van der Waals surface area contributed by atoms with Crippen molar-refractivity contribution in [1.29, 1.82) is 0 Å². The number of carbonyl (C=O) groups is 1. The molecular weight excluding hydrogens is 164 g/mol. The number of fused-ring (bicyclic) bond motifs is 2. The molecule has 0 aromatic rings. The third-order valence-electron chi connectivity index (χ3n) is 3.77. The van der Waals surface area contributed by atoms with E-state index in [1.807, 2.05) is 0 Å². The van der Waals surface area contributed by atoms with Crippen molar-refractivity contribution in [3.05, 3.63) is 0 Å². The number of nitrogens with zero attached hydrogens (tertiary/aromatic N) is 1. The van der Waals surface area contributed by atoms with Gasteiger partial charge in [0.1, 0.15) is 0 Å². The van der Waals surface area contributed by atoms with Gasteiger partial charge in [-0.25, -0.2) is 4.79 Å². The second kappa shape index (κ2) is 3.20. The van der Waals surface area contributed by atoms with Crippen LogP contribution in [0.2, 0.25) is 0 Å². The summed E-state index contributed by atoms with van der Waals surface area (Å²) in [5, 5.41) is 0. The number of primary amides is 1. The van der Waals surface area contributed by atoms with E-state index in [-0.39, 0.29) is 6.03 Å². The van der Waals surface area contributed by atoms with E-state index in [9.17, 15) is 4.79 Å². The first-order valence-corrected chi connectivity index (χ1v) is 5.17.